The van der Waals surface area contributed by atoms with Gasteiger partial charge in [-0.05, 0) is 30.4 Å². The molecule has 2 heteroatoms. The van der Waals surface area contributed by atoms with E-state index >= 15 is 0 Å². The third-order valence-corrected chi connectivity index (χ3v) is 2.51. The maximum atomic E-state index is 8.31. The maximum Gasteiger partial charge on any atom is 0.0625 e. The molecule has 0 aliphatic carbocycles. The lowest BCUT2D eigenvalue weighted by atomic mass is 10.2. The van der Waals surface area contributed by atoms with Crippen molar-refractivity contribution >= 4 is 11.3 Å². The first-order chi connectivity index (χ1) is 4.84. The molecule has 0 aliphatic rings. The van der Waals surface area contributed by atoms with E-state index in [0.717, 1.165) is 6.42 Å². The lowest BCUT2D eigenvalue weighted by Gasteiger charge is -1.91. The molecule has 0 atom stereocenters. The summed E-state index contributed by atoms with van der Waals surface area (Å²) in [5, 5.41) is 10.4. The molecule has 1 rings (SSSR count). The first-order valence-electron chi connectivity index (χ1n) is 3.24. The molecule has 0 N–H and O–H groups in total. The second-order valence-corrected chi connectivity index (χ2v) is 3.19. The number of hydrogen-bond donors (Lipinski definition) is 0. The van der Waals surface area contributed by atoms with Crippen LogP contribution in [0.15, 0.2) is 11.4 Å². The fraction of sp³-hybridized carbons (Fsp3) is 0.375. The molecular formula is C8H9NS. The Morgan fingerprint density at radius 2 is 2.50 bits per heavy atom. The Bertz CT molecular complexity index is 244. The number of hydrogen-bond acceptors (Lipinski definition) is 2. The Kier molecular flexibility index (Phi) is 2.47. The van der Waals surface area contributed by atoms with Crippen LogP contribution < -0.4 is 0 Å². The Morgan fingerprint density at radius 1 is 1.70 bits per heavy atom. The van der Waals surface area contributed by atoms with Crippen LogP contribution in [0.2, 0.25) is 0 Å². The third kappa shape index (κ3) is 1.58. The molecule has 0 amide bonds. The minimum atomic E-state index is 0.640. The predicted octanol–water partition coefficient (Wildman–Crippen LogP) is 2.51. The van der Waals surface area contributed by atoms with Gasteiger partial charge in [0.25, 0.3) is 0 Å². The second kappa shape index (κ2) is 3.38. The standard InChI is InChI=1S/C8H9NS/c1-7-4-6-10-8(7)3-2-5-9/h4,6H,2-3H2,1H3. The normalized spacial score (nSPS) is 9.20. The van der Waals surface area contributed by atoms with Crippen LogP contribution in [0.4, 0.5) is 0 Å². The summed E-state index contributed by atoms with van der Waals surface area (Å²) in [5.41, 5.74) is 1.32. The van der Waals surface area contributed by atoms with Gasteiger partial charge in [-0.1, -0.05) is 0 Å². The molecule has 52 valence electrons. The van der Waals surface area contributed by atoms with Crippen molar-refractivity contribution in [3.63, 3.8) is 0 Å². The van der Waals surface area contributed by atoms with Crippen LogP contribution in [-0.2, 0) is 6.42 Å². The SMILES string of the molecule is Cc1ccsc1CCC#N. The van der Waals surface area contributed by atoms with Crippen molar-refractivity contribution < 1.29 is 0 Å². The fourth-order valence-electron chi connectivity index (χ4n) is 0.830. The average Bonchev–Trinajstić information content (AvgIpc) is 2.31. The van der Waals surface area contributed by atoms with Gasteiger partial charge in [-0.2, -0.15) is 5.26 Å². The van der Waals surface area contributed by atoms with Gasteiger partial charge in [0.2, 0.25) is 0 Å². The zero-order valence-corrected chi connectivity index (χ0v) is 6.74. The summed E-state index contributed by atoms with van der Waals surface area (Å²) in [6.45, 7) is 2.09. The molecule has 0 spiro atoms. The van der Waals surface area contributed by atoms with Gasteiger partial charge >= 0.3 is 0 Å². The lowest BCUT2D eigenvalue weighted by Crippen LogP contribution is -1.79. The van der Waals surface area contributed by atoms with Crippen LogP contribution in [0.1, 0.15) is 16.9 Å². The van der Waals surface area contributed by atoms with Gasteiger partial charge in [0.05, 0.1) is 6.07 Å². The fourth-order valence-corrected chi connectivity index (χ4v) is 1.74. The van der Waals surface area contributed by atoms with Gasteiger partial charge in [0.1, 0.15) is 0 Å². The van der Waals surface area contributed by atoms with Crippen molar-refractivity contribution in [3.05, 3.63) is 21.9 Å². The molecule has 0 aliphatic heterocycles. The summed E-state index contributed by atoms with van der Waals surface area (Å²) in [5.74, 6) is 0. The van der Waals surface area contributed by atoms with E-state index in [0.29, 0.717) is 6.42 Å². The minimum Gasteiger partial charge on any atom is -0.198 e. The van der Waals surface area contributed by atoms with E-state index in [9.17, 15) is 0 Å². The molecular weight excluding hydrogens is 142 g/mol. The second-order valence-electron chi connectivity index (χ2n) is 2.18. The van der Waals surface area contributed by atoms with Crippen LogP contribution in [0.25, 0.3) is 0 Å². The summed E-state index contributed by atoms with van der Waals surface area (Å²) in [7, 11) is 0. The Balaban J connectivity index is 2.59. The molecule has 1 heterocycles. The number of nitrogens with zero attached hydrogens (tertiary/aromatic N) is 1. The Labute approximate surface area is 64.9 Å². The van der Waals surface area contributed by atoms with Crippen LogP contribution in [0, 0.1) is 18.3 Å². The topological polar surface area (TPSA) is 23.8 Å². The molecule has 1 aromatic heterocycles. The first kappa shape index (κ1) is 7.30. The van der Waals surface area contributed by atoms with Gasteiger partial charge < -0.3 is 0 Å². The summed E-state index contributed by atoms with van der Waals surface area (Å²) in [6.07, 6.45) is 1.56. The molecule has 0 saturated heterocycles. The zero-order chi connectivity index (χ0) is 7.40. The summed E-state index contributed by atoms with van der Waals surface area (Å²) < 4.78 is 0. The van der Waals surface area contributed by atoms with E-state index < -0.39 is 0 Å². The van der Waals surface area contributed by atoms with Crippen molar-refractivity contribution in [2.45, 2.75) is 19.8 Å². The van der Waals surface area contributed by atoms with Crippen molar-refractivity contribution in [3.8, 4) is 6.07 Å². The number of thiophene rings is 1. The molecule has 1 aromatic rings. The highest BCUT2D eigenvalue weighted by molar-refractivity contribution is 7.10. The minimum absolute atomic E-state index is 0.640. The first-order valence-corrected chi connectivity index (χ1v) is 4.12. The monoisotopic (exact) mass is 151 g/mol. The van der Waals surface area contributed by atoms with Crippen molar-refractivity contribution in [2.24, 2.45) is 0 Å². The van der Waals surface area contributed by atoms with Gasteiger partial charge in [-0.15, -0.1) is 11.3 Å². The van der Waals surface area contributed by atoms with Crippen LogP contribution in [0.5, 0.6) is 0 Å². The average molecular weight is 151 g/mol. The summed E-state index contributed by atoms with van der Waals surface area (Å²) >= 11 is 1.74. The third-order valence-electron chi connectivity index (χ3n) is 1.43. The smallest absolute Gasteiger partial charge is 0.0625 e. The summed E-state index contributed by atoms with van der Waals surface area (Å²) in [6, 6.07) is 4.23. The summed E-state index contributed by atoms with van der Waals surface area (Å²) in [4.78, 5) is 1.35. The molecule has 0 radical (unpaired) electrons. The van der Waals surface area contributed by atoms with Crippen LogP contribution in [0.3, 0.4) is 0 Å². The van der Waals surface area contributed by atoms with E-state index in [1.807, 2.05) is 0 Å². The number of nitriles is 1. The number of aryl methyl sites for hydroxylation is 2. The maximum absolute atomic E-state index is 8.31. The molecule has 0 bridgehead atoms. The van der Waals surface area contributed by atoms with E-state index in [2.05, 4.69) is 24.4 Å². The predicted molar refractivity (Wildman–Crippen MR) is 43.0 cm³/mol. The Morgan fingerprint density at radius 3 is 3.00 bits per heavy atom. The molecule has 0 aromatic carbocycles. The zero-order valence-electron chi connectivity index (χ0n) is 5.92. The van der Waals surface area contributed by atoms with Gasteiger partial charge in [0.15, 0.2) is 0 Å². The van der Waals surface area contributed by atoms with Gasteiger partial charge in [-0.25, -0.2) is 0 Å². The van der Waals surface area contributed by atoms with E-state index in [-0.39, 0.29) is 0 Å². The number of rotatable bonds is 2. The highest BCUT2D eigenvalue weighted by Gasteiger charge is 1.97. The van der Waals surface area contributed by atoms with E-state index in [1.54, 1.807) is 11.3 Å². The van der Waals surface area contributed by atoms with Gasteiger partial charge in [-0.3, -0.25) is 0 Å². The van der Waals surface area contributed by atoms with Crippen molar-refractivity contribution in [1.29, 1.82) is 5.26 Å². The lowest BCUT2D eigenvalue weighted by molar-refractivity contribution is 1.03. The van der Waals surface area contributed by atoms with E-state index in [1.165, 1.54) is 10.4 Å². The van der Waals surface area contributed by atoms with Crippen molar-refractivity contribution in [1.82, 2.24) is 0 Å². The van der Waals surface area contributed by atoms with Crippen LogP contribution >= 0.6 is 11.3 Å². The molecule has 1 nitrogen and oxygen atoms in total. The van der Waals surface area contributed by atoms with Crippen LogP contribution in [-0.4, -0.2) is 0 Å². The molecule has 0 saturated carbocycles. The quantitative estimate of drug-likeness (QED) is 0.637. The highest BCUT2D eigenvalue weighted by Crippen LogP contribution is 2.16. The largest absolute Gasteiger partial charge is 0.198 e. The molecule has 0 unspecified atom stereocenters. The van der Waals surface area contributed by atoms with Crippen molar-refractivity contribution in [2.75, 3.05) is 0 Å². The van der Waals surface area contributed by atoms with Gasteiger partial charge in [0, 0.05) is 11.3 Å². The molecule has 0 fully saturated rings. The molecule has 10 heavy (non-hydrogen) atoms. The Hall–Kier alpha value is -0.810. The highest BCUT2D eigenvalue weighted by atomic mass is 32.1. The van der Waals surface area contributed by atoms with E-state index in [4.69, 9.17) is 5.26 Å².